The highest BCUT2D eigenvalue weighted by Crippen LogP contribution is 2.36. The monoisotopic (exact) mass is 434 g/mol. The number of fused-ring (bicyclic) bond motifs is 3. The number of thioether (sulfide) groups is 1. The number of amides is 2. The Bertz CT molecular complexity index is 1080. The van der Waals surface area contributed by atoms with Crippen molar-refractivity contribution in [2.45, 2.75) is 51.3 Å². The second-order valence-corrected chi connectivity index (χ2v) is 8.83. The molecule has 4 rings (SSSR count). The van der Waals surface area contributed by atoms with Crippen LogP contribution < -0.4 is 5.32 Å². The van der Waals surface area contributed by atoms with Gasteiger partial charge in [-0.15, -0.1) is 0 Å². The number of hydrogen-bond donors (Lipinski definition) is 1. The van der Waals surface area contributed by atoms with Gasteiger partial charge in [-0.25, -0.2) is 9.89 Å². The number of nitrogens with zero attached hydrogens (tertiary/aromatic N) is 3. The summed E-state index contributed by atoms with van der Waals surface area (Å²) >= 11 is 1.32. The second-order valence-electron chi connectivity index (χ2n) is 7.66. The first-order chi connectivity index (χ1) is 15.0. The number of hydrogen-bond acceptors (Lipinski definition) is 5. The molecule has 0 aromatic heterocycles. The van der Waals surface area contributed by atoms with Gasteiger partial charge in [-0.2, -0.15) is 0 Å². The lowest BCUT2D eigenvalue weighted by Crippen LogP contribution is -2.42. The summed E-state index contributed by atoms with van der Waals surface area (Å²) in [7, 11) is 0. The molecule has 2 amide bonds. The zero-order chi connectivity index (χ0) is 22.0. The zero-order valence-electron chi connectivity index (χ0n) is 18.0. The molecule has 2 atom stereocenters. The summed E-state index contributed by atoms with van der Waals surface area (Å²) in [6.07, 6.45) is 2.18. The van der Waals surface area contributed by atoms with Crippen LogP contribution in [0, 0.1) is 6.92 Å². The highest BCUT2D eigenvalue weighted by Gasteiger charge is 2.42. The molecule has 7 heteroatoms. The molecule has 0 fully saturated rings. The first kappa shape index (κ1) is 21.3. The third-order valence-corrected chi connectivity index (χ3v) is 6.74. The van der Waals surface area contributed by atoms with E-state index in [4.69, 9.17) is 9.98 Å². The largest absolute Gasteiger partial charge is 0.325 e. The van der Waals surface area contributed by atoms with E-state index in [-0.39, 0.29) is 17.1 Å². The number of aryl methyl sites for hydroxylation is 1. The molecule has 160 valence electrons. The van der Waals surface area contributed by atoms with E-state index in [1.165, 1.54) is 11.8 Å². The molecule has 2 heterocycles. The topological polar surface area (TPSA) is 74.1 Å². The highest BCUT2D eigenvalue weighted by molar-refractivity contribution is 8.15. The van der Waals surface area contributed by atoms with Crippen molar-refractivity contribution in [3.05, 3.63) is 59.7 Å². The number of carbonyl (C=O) groups is 2. The lowest BCUT2D eigenvalue weighted by molar-refractivity contribution is -0.124. The summed E-state index contributed by atoms with van der Waals surface area (Å²) in [5.41, 5.74) is 3.44. The van der Waals surface area contributed by atoms with Crippen molar-refractivity contribution in [1.29, 1.82) is 0 Å². The fraction of sp³-hybridized carbons (Fsp3) is 0.333. The third kappa shape index (κ3) is 4.14. The number of amidine groups is 2. The van der Waals surface area contributed by atoms with E-state index in [2.05, 4.69) is 5.32 Å². The van der Waals surface area contributed by atoms with Gasteiger partial charge in [-0.05, 0) is 43.5 Å². The molecule has 0 radical (unpaired) electrons. The fourth-order valence-corrected chi connectivity index (χ4v) is 4.74. The van der Waals surface area contributed by atoms with E-state index in [0.717, 1.165) is 28.9 Å². The van der Waals surface area contributed by atoms with Gasteiger partial charge in [0.1, 0.15) is 11.9 Å². The molecule has 2 aliphatic rings. The number of aliphatic imine (C=N–C) groups is 2. The van der Waals surface area contributed by atoms with Crippen molar-refractivity contribution < 1.29 is 9.59 Å². The van der Waals surface area contributed by atoms with E-state index >= 15 is 0 Å². The van der Waals surface area contributed by atoms with Crippen molar-refractivity contribution >= 4 is 46.0 Å². The minimum atomic E-state index is -0.391. The van der Waals surface area contributed by atoms with Crippen LogP contribution in [-0.4, -0.2) is 39.0 Å². The van der Waals surface area contributed by atoms with Gasteiger partial charge in [0.15, 0.2) is 5.17 Å². The molecule has 2 aromatic carbocycles. The van der Waals surface area contributed by atoms with Crippen LogP contribution >= 0.6 is 11.8 Å². The molecule has 0 saturated heterocycles. The van der Waals surface area contributed by atoms with Gasteiger partial charge in [-0.1, -0.05) is 62.4 Å². The van der Waals surface area contributed by atoms with Gasteiger partial charge in [0.2, 0.25) is 5.91 Å². The predicted molar refractivity (Wildman–Crippen MR) is 127 cm³/mol. The minimum Gasteiger partial charge on any atom is -0.325 e. The van der Waals surface area contributed by atoms with Crippen LogP contribution in [0.1, 0.15) is 44.2 Å². The van der Waals surface area contributed by atoms with Crippen LogP contribution in [0.5, 0.6) is 0 Å². The summed E-state index contributed by atoms with van der Waals surface area (Å²) in [6.45, 7) is 5.98. The fourth-order valence-electron chi connectivity index (χ4n) is 3.72. The summed E-state index contributed by atoms with van der Waals surface area (Å²) < 4.78 is 0. The van der Waals surface area contributed by atoms with Crippen LogP contribution in [-0.2, 0) is 9.59 Å². The van der Waals surface area contributed by atoms with E-state index in [1.807, 2.05) is 69.3 Å². The average molecular weight is 435 g/mol. The molecule has 0 unspecified atom stereocenters. The van der Waals surface area contributed by atoms with Crippen LogP contribution in [0.2, 0.25) is 0 Å². The summed E-state index contributed by atoms with van der Waals surface area (Å²) in [6, 6.07) is 15.0. The van der Waals surface area contributed by atoms with Crippen molar-refractivity contribution in [2.24, 2.45) is 9.98 Å². The Hall–Kier alpha value is -2.93. The number of benzene rings is 2. The van der Waals surface area contributed by atoms with Crippen molar-refractivity contribution in [3.8, 4) is 0 Å². The Balaban J connectivity index is 1.62. The smallest absolute Gasteiger partial charge is 0.259 e. The Morgan fingerprint density at radius 1 is 1.16 bits per heavy atom. The molecule has 31 heavy (non-hydrogen) atoms. The Labute approximate surface area is 186 Å². The molecule has 6 nitrogen and oxygen atoms in total. The lowest BCUT2D eigenvalue weighted by Gasteiger charge is -2.27. The Kier molecular flexibility index (Phi) is 6.23. The van der Waals surface area contributed by atoms with E-state index in [0.29, 0.717) is 23.8 Å². The van der Waals surface area contributed by atoms with Crippen LogP contribution in [0.25, 0.3) is 0 Å². The van der Waals surface area contributed by atoms with Gasteiger partial charge < -0.3 is 5.32 Å². The Morgan fingerprint density at radius 3 is 2.65 bits per heavy atom. The molecule has 1 N–H and O–H groups in total. The number of para-hydroxylation sites is 2. The standard InChI is InChI=1S/C24H26N4O2S/c1-4-10-19-23(30)28-21(25-19)16-12-7-9-14-18(16)27-24(28)31-20(5-2)22(29)26-17-13-8-6-11-15(17)3/h6-9,11-14,19-20H,4-5,10H2,1-3H3,(H,26,29)/t19-,20-/m1/s1. The van der Waals surface area contributed by atoms with E-state index < -0.39 is 6.04 Å². The summed E-state index contributed by atoms with van der Waals surface area (Å²) in [5.74, 6) is 0.482. The lowest BCUT2D eigenvalue weighted by atomic mass is 10.1. The first-order valence-electron chi connectivity index (χ1n) is 10.7. The number of carbonyl (C=O) groups excluding carboxylic acids is 2. The van der Waals surface area contributed by atoms with Gasteiger partial charge in [0.05, 0.1) is 10.9 Å². The maximum Gasteiger partial charge on any atom is 0.259 e. The van der Waals surface area contributed by atoms with Gasteiger partial charge >= 0.3 is 0 Å². The van der Waals surface area contributed by atoms with Gasteiger partial charge in [0, 0.05) is 11.3 Å². The van der Waals surface area contributed by atoms with Gasteiger partial charge in [0.25, 0.3) is 5.91 Å². The third-order valence-electron chi connectivity index (χ3n) is 5.42. The first-order valence-corrected chi connectivity index (χ1v) is 11.5. The van der Waals surface area contributed by atoms with E-state index in [9.17, 15) is 9.59 Å². The van der Waals surface area contributed by atoms with Crippen LogP contribution in [0.15, 0.2) is 58.5 Å². The highest BCUT2D eigenvalue weighted by atomic mass is 32.2. The second kappa shape index (κ2) is 9.06. The normalized spacial score (nSPS) is 18.1. The molecule has 2 aliphatic heterocycles. The SMILES string of the molecule is CCC[C@H]1N=C2c3ccccc3N=C(S[C@H](CC)C(=O)Nc3ccccc3C)N2C1=O. The number of rotatable bonds is 6. The zero-order valence-corrected chi connectivity index (χ0v) is 18.8. The molecule has 0 aliphatic carbocycles. The quantitative estimate of drug-likeness (QED) is 0.702. The Morgan fingerprint density at radius 2 is 1.90 bits per heavy atom. The van der Waals surface area contributed by atoms with Crippen molar-refractivity contribution in [1.82, 2.24) is 4.90 Å². The summed E-state index contributed by atoms with van der Waals surface area (Å²) in [5, 5.41) is 3.16. The maximum atomic E-state index is 13.1. The molecule has 0 saturated carbocycles. The number of anilines is 1. The maximum absolute atomic E-state index is 13.1. The molecule has 2 aromatic rings. The van der Waals surface area contributed by atoms with Crippen molar-refractivity contribution in [3.63, 3.8) is 0 Å². The molecular formula is C24H26N4O2S. The van der Waals surface area contributed by atoms with Gasteiger partial charge in [-0.3, -0.25) is 14.6 Å². The average Bonchev–Trinajstić information content (AvgIpc) is 3.10. The summed E-state index contributed by atoms with van der Waals surface area (Å²) in [4.78, 5) is 37.3. The predicted octanol–water partition coefficient (Wildman–Crippen LogP) is 4.90. The molecule has 0 spiro atoms. The van der Waals surface area contributed by atoms with E-state index in [1.54, 1.807) is 4.90 Å². The molecular weight excluding hydrogens is 408 g/mol. The van der Waals surface area contributed by atoms with Crippen molar-refractivity contribution in [2.75, 3.05) is 5.32 Å². The molecule has 0 bridgehead atoms. The number of nitrogens with one attached hydrogen (secondary N) is 1. The minimum absolute atomic E-state index is 0.0632. The van der Waals surface area contributed by atoms with Crippen LogP contribution in [0.4, 0.5) is 11.4 Å². The van der Waals surface area contributed by atoms with Crippen LogP contribution in [0.3, 0.4) is 0 Å².